The number of nitrogens with zero attached hydrogens (tertiary/aromatic N) is 1. The van der Waals surface area contributed by atoms with Gasteiger partial charge in [0, 0.05) is 19.5 Å². The van der Waals surface area contributed by atoms with E-state index in [9.17, 15) is 48.6 Å². The van der Waals surface area contributed by atoms with Gasteiger partial charge in [0.15, 0.2) is 0 Å². The molecule has 6 atom stereocenters. The maximum Gasteiger partial charge on any atom is 0.326 e. The Bertz CT molecular complexity index is 1460. The van der Waals surface area contributed by atoms with Gasteiger partial charge in [-0.2, -0.15) is 0 Å². The van der Waals surface area contributed by atoms with Gasteiger partial charge in [-0.25, -0.2) is 4.79 Å². The van der Waals surface area contributed by atoms with Crippen LogP contribution in [0.4, 0.5) is 0 Å². The molecule has 7 N–H and O–H groups in total. The monoisotopic (exact) mass is 758 g/mol. The molecule has 2 rings (SSSR count). The average Bonchev–Trinajstić information content (AvgIpc) is 3.66. The van der Waals surface area contributed by atoms with Gasteiger partial charge in [-0.05, 0) is 49.0 Å². The van der Waals surface area contributed by atoms with Crippen LogP contribution in [-0.2, 0) is 44.8 Å². The summed E-state index contributed by atoms with van der Waals surface area (Å²) in [6.07, 6.45) is 1.22. The molecule has 0 aliphatic carbocycles. The lowest BCUT2D eigenvalue weighted by atomic mass is 9.96. The Hall–Kier alpha value is -5.02. The minimum Gasteiger partial charge on any atom is -0.481 e. The fourth-order valence-electron chi connectivity index (χ4n) is 5.99. The second-order valence-corrected chi connectivity index (χ2v) is 14.7. The van der Waals surface area contributed by atoms with Crippen LogP contribution in [0.25, 0.3) is 0 Å². The van der Waals surface area contributed by atoms with Crippen LogP contribution in [0.2, 0.25) is 0 Å². The second-order valence-electron chi connectivity index (χ2n) is 14.7. The summed E-state index contributed by atoms with van der Waals surface area (Å²) in [6, 6.07) is 2.49. The molecule has 1 fully saturated rings. The van der Waals surface area contributed by atoms with Crippen molar-refractivity contribution >= 4 is 47.4 Å². The van der Waals surface area contributed by atoms with E-state index >= 15 is 0 Å². The summed E-state index contributed by atoms with van der Waals surface area (Å²) in [7, 11) is 0. The Labute approximate surface area is 316 Å². The lowest BCUT2D eigenvalue weighted by Crippen LogP contribution is -2.61. The number of carboxylic acids is 2. The molecule has 1 aliphatic heterocycles. The number of hydrogen-bond acceptors (Lipinski definition) is 8. The first kappa shape index (κ1) is 45.1. The summed E-state index contributed by atoms with van der Waals surface area (Å²) in [5.41, 5.74) is 0.959. The number of nitrogens with one attached hydrogen (secondary N) is 5. The number of hydrogen-bond donors (Lipinski definition) is 7. The molecule has 0 radical (unpaired) electrons. The van der Waals surface area contributed by atoms with Crippen LogP contribution in [0.1, 0.15) is 92.1 Å². The van der Waals surface area contributed by atoms with E-state index in [4.69, 9.17) is 0 Å². The van der Waals surface area contributed by atoms with E-state index in [1.807, 2.05) is 37.3 Å². The van der Waals surface area contributed by atoms with Crippen LogP contribution >= 0.6 is 0 Å². The average molecular weight is 759 g/mol. The van der Waals surface area contributed by atoms with Gasteiger partial charge < -0.3 is 41.7 Å². The van der Waals surface area contributed by atoms with Crippen molar-refractivity contribution in [3.8, 4) is 0 Å². The molecule has 16 nitrogen and oxygen atoms in total. The normalized spacial score (nSPS) is 16.0. The summed E-state index contributed by atoms with van der Waals surface area (Å²) in [4.78, 5) is 106. The van der Waals surface area contributed by atoms with Gasteiger partial charge in [0.05, 0.1) is 12.8 Å². The smallest absolute Gasteiger partial charge is 0.326 e. The predicted octanol–water partition coefficient (Wildman–Crippen LogP) is 1.36. The minimum atomic E-state index is -1.74. The molecule has 16 heteroatoms. The van der Waals surface area contributed by atoms with E-state index in [1.165, 1.54) is 4.90 Å². The van der Waals surface area contributed by atoms with Crippen molar-refractivity contribution in [2.45, 2.75) is 123 Å². The standard InChI is InChI=1S/C38H58N6O10/c1-7-24(6)33(42-29(45)16-15-25-13-9-8-10-14-25)37(52)43-32(23(4)5)36(51)40-26(20-30(46)44-17-11-12-18-44)34(49)39-27(21-31(47)48)35(50)41-28(38(53)54)19-22(2)3/h8-10,13-14,22-24,26-28,32-33H,7,11-12,15-21H2,1-6H3,(H,39,49)(H,40,51)(H,41,50)(H,42,45)(H,43,52)(H,47,48)(H,53,54)/t24-,26-,27-,28-,32-,33-/m0/s1. The zero-order chi connectivity index (χ0) is 40.5. The Morgan fingerprint density at radius 2 is 1.22 bits per heavy atom. The molecule has 300 valence electrons. The number of amides is 6. The zero-order valence-electron chi connectivity index (χ0n) is 32.2. The molecule has 1 aliphatic rings. The van der Waals surface area contributed by atoms with Crippen LogP contribution in [0.3, 0.4) is 0 Å². The number of aliphatic carboxylic acids is 2. The van der Waals surface area contributed by atoms with E-state index in [-0.39, 0.29) is 30.6 Å². The van der Waals surface area contributed by atoms with Crippen molar-refractivity contribution in [2.24, 2.45) is 17.8 Å². The third-order valence-corrected chi connectivity index (χ3v) is 9.35. The van der Waals surface area contributed by atoms with E-state index in [1.54, 1.807) is 34.6 Å². The van der Waals surface area contributed by atoms with Crippen molar-refractivity contribution in [2.75, 3.05) is 13.1 Å². The highest BCUT2D eigenvalue weighted by atomic mass is 16.4. The Balaban J connectivity index is 2.29. The van der Waals surface area contributed by atoms with E-state index < -0.39 is 90.4 Å². The van der Waals surface area contributed by atoms with E-state index in [2.05, 4.69) is 26.6 Å². The van der Waals surface area contributed by atoms with Crippen LogP contribution in [0, 0.1) is 17.8 Å². The third kappa shape index (κ3) is 15.1. The lowest BCUT2D eigenvalue weighted by molar-refractivity contribution is -0.144. The molecule has 0 bridgehead atoms. The molecule has 1 heterocycles. The summed E-state index contributed by atoms with van der Waals surface area (Å²) in [6.45, 7) is 11.3. The van der Waals surface area contributed by atoms with Crippen molar-refractivity contribution in [1.82, 2.24) is 31.5 Å². The maximum atomic E-state index is 13.8. The highest BCUT2D eigenvalue weighted by Gasteiger charge is 2.36. The molecule has 0 saturated carbocycles. The van der Waals surface area contributed by atoms with Crippen LogP contribution < -0.4 is 26.6 Å². The first-order valence-electron chi connectivity index (χ1n) is 18.7. The summed E-state index contributed by atoms with van der Waals surface area (Å²) < 4.78 is 0. The first-order chi connectivity index (χ1) is 25.4. The minimum absolute atomic E-state index is 0.0371. The van der Waals surface area contributed by atoms with Crippen molar-refractivity contribution < 1.29 is 48.6 Å². The molecule has 0 aromatic heterocycles. The molecule has 1 aromatic carbocycles. The molecule has 1 aromatic rings. The van der Waals surface area contributed by atoms with Gasteiger partial charge in [0.2, 0.25) is 35.4 Å². The van der Waals surface area contributed by atoms with Crippen molar-refractivity contribution in [1.29, 1.82) is 0 Å². The van der Waals surface area contributed by atoms with Crippen LogP contribution in [-0.4, -0.2) is 106 Å². The van der Waals surface area contributed by atoms with Crippen LogP contribution in [0.15, 0.2) is 30.3 Å². The van der Waals surface area contributed by atoms with Crippen molar-refractivity contribution in [3.05, 3.63) is 35.9 Å². The molecule has 6 amide bonds. The molecule has 54 heavy (non-hydrogen) atoms. The van der Waals surface area contributed by atoms with Crippen LogP contribution in [0.5, 0.6) is 0 Å². The second kappa shape index (κ2) is 22.3. The van der Waals surface area contributed by atoms with E-state index in [0.717, 1.165) is 18.4 Å². The Morgan fingerprint density at radius 3 is 1.74 bits per heavy atom. The Morgan fingerprint density at radius 1 is 0.685 bits per heavy atom. The third-order valence-electron chi connectivity index (χ3n) is 9.35. The maximum absolute atomic E-state index is 13.8. The quantitative estimate of drug-likeness (QED) is 0.0896. The number of carbonyl (C=O) groups excluding carboxylic acids is 6. The number of carboxylic acid groups (broad SMARTS) is 2. The van der Waals surface area contributed by atoms with E-state index in [0.29, 0.717) is 25.9 Å². The summed E-state index contributed by atoms with van der Waals surface area (Å²) in [5, 5.41) is 31.7. The van der Waals surface area contributed by atoms with Gasteiger partial charge in [-0.15, -0.1) is 0 Å². The number of carbonyl (C=O) groups is 8. The zero-order valence-corrected chi connectivity index (χ0v) is 32.2. The molecule has 0 unspecified atom stereocenters. The lowest BCUT2D eigenvalue weighted by Gasteiger charge is -2.30. The number of rotatable bonds is 22. The topological polar surface area (TPSA) is 240 Å². The fraction of sp³-hybridized carbons (Fsp3) is 0.632. The predicted molar refractivity (Wildman–Crippen MR) is 198 cm³/mol. The number of likely N-dealkylation sites (tertiary alicyclic amines) is 1. The highest BCUT2D eigenvalue weighted by Crippen LogP contribution is 2.14. The molecular weight excluding hydrogens is 700 g/mol. The fourth-order valence-corrected chi connectivity index (χ4v) is 5.99. The van der Waals surface area contributed by atoms with Gasteiger partial charge in [0.1, 0.15) is 30.2 Å². The van der Waals surface area contributed by atoms with Gasteiger partial charge >= 0.3 is 11.9 Å². The number of benzene rings is 1. The SMILES string of the molecule is CC[C@H](C)[C@H](NC(=O)CCc1ccccc1)C(=O)N[C@H](C(=O)N[C@@H](CC(=O)N1CCCC1)C(=O)N[C@@H](CC(=O)O)C(=O)N[C@@H](CC(C)C)C(=O)O)C(C)C. The Kier molecular flexibility index (Phi) is 18.6. The van der Waals surface area contributed by atoms with Gasteiger partial charge in [-0.1, -0.05) is 78.3 Å². The largest absolute Gasteiger partial charge is 0.481 e. The summed E-state index contributed by atoms with van der Waals surface area (Å²) in [5.74, 6) is -8.16. The summed E-state index contributed by atoms with van der Waals surface area (Å²) >= 11 is 0. The van der Waals surface area contributed by atoms with Crippen molar-refractivity contribution in [3.63, 3.8) is 0 Å². The van der Waals surface area contributed by atoms with Gasteiger partial charge in [-0.3, -0.25) is 33.6 Å². The molecule has 0 spiro atoms. The molecule has 1 saturated heterocycles. The molecular formula is C38H58N6O10. The highest BCUT2D eigenvalue weighted by molar-refractivity contribution is 5.98. The number of aryl methyl sites for hydroxylation is 1. The van der Waals surface area contributed by atoms with Gasteiger partial charge in [0.25, 0.3) is 0 Å². The first-order valence-corrected chi connectivity index (χ1v) is 18.7.